The smallest absolute Gasteiger partial charge is 0.193 e. The molecule has 0 aliphatic carbocycles. The Morgan fingerprint density at radius 1 is 0.472 bits per heavy atom. The van der Waals surface area contributed by atoms with E-state index < -0.39 is 0 Å². The second-order valence-electron chi connectivity index (χ2n) is 8.93. The number of rotatable bonds is 6. The third-order valence-electron chi connectivity index (χ3n) is 6.64. The predicted octanol–water partition coefficient (Wildman–Crippen LogP) is 7.30. The van der Waals surface area contributed by atoms with Crippen molar-refractivity contribution in [1.82, 2.24) is 4.57 Å². The van der Waals surface area contributed by atoms with Crippen molar-refractivity contribution in [1.29, 1.82) is 0 Å². The van der Waals surface area contributed by atoms with Crippen LogP contribution >= 0.6 is 0 Å². The molecule has 5 aromatic carbocycles. The van der Waals surface area contributed by atoms with Crippen LogP contribution in [0.25, 0.3) is 21.8 Å². The van der Waals surface area contributed by atoms with Crippen LogP contribution in [0, 0.1) is 0 Å². The molecular weight excluding hydrogens is 442 g/mol. The molecule has 0 spiro atoms. The summed E-state index contributed by atoms with van der Waals surface area (Å²) in [5.41, 5.74) is 5.82. The van der Waals surface area contributed by atoms with Gasteiger partial charge in [0, 0.05) is 50.6 Å². The van der Waals surface area contributed by atoms with Gasteiger partial charge in [0.05, 0.1) is 0 Å². The van der Waals surface area contributed by atoms with Crippen molar-refractivity contribution < 1.29 is 9.59 Å². The molecule has 0 saturated heterocycles. The second-order valence-corrected chi connectivity index (χ2v) is 8.93. The number of aromatic nitrogens is 1. The highest BCUT2D eigenvalue weighted by Gasteiger charge is 2.17. The van der Waals surface area contributed by atoms with Crippen LogP contribution in [0.4, 0.5) is 0 Å². The summed E-state index contributed by atoms with van der Waals surface area (Å²) in [5.74, 6) is -0.0315. The van der Waals surface area contributed by atoms with Gasteiger partial charge < -0.3 is 4.57 Å². The monoisotopic (exact) mass is 465 g/mol. The van der Waals surface area contributed by atoms with Gasteiger partial charge in [0.25, 0.3) is 0 Å². The van der Waals surface area contributed by atoms with Crippen molar-refractivity contribution in [2.75, 3.05) is 0 Å². The summed E-state index contributed by atoms with van der Waals surface area (Å²) < 4.78 is 2.26. The lowest BCUT2D eigenvalue weighted by atomic mass is 9.99. The molecule has 0 N–H and O–H groups in total. The van der Waals surface area contributed by atoms with Gasteiger partial charge >= 0.3 is 0 Å². The molecule has 172 valence electrons. The van der Waals surface area contributed by atoms with Crippen molar-refractivity contribution in [2.45, 2.75) is 6.54 Å². The summed E-state index contributed by atoms with van der Waals surface area (Å²) in [6.07, 6.45) is 0. The first-order valence-corrected chi connectivity index (χ1v) is 12.0. The van der Waals surface area contributed by atoms with Crippen LogP contribution in [0.2, 0.25) is 0 Å². The van der Waals surface area contributed by atoms with Gasteiger partial charge in [-0.25, -0.2) is 0 Å². The summed E-state index contributed by atoms with van der Waals surface area (Å²) in [7, 11) is 0. The van der Waals surface area contributed by atoms with Crippen LogP contribution in [-0.2, 0) is 6.54 Å². The highest BCUT2D eigenvalue weighted by Crippen LogP contribution is 2.32. The summed E-state index contributed by atoms with van der Waals surface area (Å²) >= 11 is 0. The summed E-state index contributed by atoms with van der Waals surface area (Å²) in [5, 5.41) is 1.93. The van der Waals surface area contributed by atoms with Crippen molar-refractivity contribution in [2.24, 2.45) is 0 Å². The number of benzene rings is 5. The molecule has 0 saturated carbocycles. The van der Waals surface area contributed by atoms with Gasteiger partial charge in [-0.15, -0.1) is 0 Å². The molecule has 0 atom stereocenters. The first-order valence-electron chi connectivity index (χ1n) is 12.0. The Bertz CT molecular complexity index is 1610. The molecule has 0 amide bonds. The number of hydrogen-bond acceptors (Lipinski definition) is 2. The van der Waals surface area contributed by atoms with Crippen molar-refractivity contribution in [3.05, 3.63) is 155 Å². The highest BCUT2D eigenvalue weighted by molar-refractivity contribution is 6.17. The first-order chi connectivity index (χ1) is 17.7. The van der Waals surface area contributed by atoms with Crippen LogP contribution in [0.15, 0.2) is 127 Å². The number of nitrogens with zero attached hydrogens (tertiary/aromatic N) is 1. The molecular formula is C33H23NO2. The zero-order valence-corrected chi connectivity index (χ0v) is 19.6. The van der Waals surface area contributed by atoms with E-state index in [-0.39, 0.29) is 11.6 Å². The molecule has 0 bridgehead atoms. The Morgan fingerprint density at radius 3 is 1.33 bits per heavy atom. The molecule has 1 aromatic heterocycles. The zero-order chi connectivity index (χ0) is 24.5. The topological polar surface area (TPSA) is 39.1 Å². The highest BCUT2D eigenvalue weighted by atomic mass is 16.1. The zero-order valence-electron chi connectivity index (χ0n) is 19.6. The van der Waals surface area contributed by atoms with Crippen LogP contribution in [0.1, 0.15) is 37.4 Å². The fourth-order valence-electron chi connectivity index (χ4n) is 4.84. The summed E-state index contributed by atoms with van der Waals surface area (Å²) in [4.78, 5) is 26.4. The summed E-state index contributed by atoms with van der Waals surface area (Å²) in [6, 6.07) is 40.7. The van der Waals surface area contributed by atoms with E-state index in [1.54, 1.807) is 0 Å². The maximum absolute atomic E-state index is 13.2. The molecule has 3 nitrogen and oxygen atoms in total. The van der Waals surface area contributed by atoms with E-state index in [1.165, 1.54) is 5.56 Å². The molecule has 0 aliphatic heterocycles. The fourth-order valence-corrected chi connectivity index (χ4v) is 4.84. The van der Waals surface area contributed by atoms with E-state index >= 15 is 0 Å². The SMILES string of the molecule is O=C(c1ccccc1)c1ccc2c(c1)c1cc(C(=O)c3ccccc3)ccc1n2Cc1ccccc1. The van der Waals surface area contributed by atoms with E-state index in [0.29, 0.717) is 28.8 Å². The van der Waals surface area contributed by atoms with Gasteiger partial charge in [-0.2, -0.15) is 0 Å². The predicted molar refractivity (Wildman–Crippen MR) is 145 cm³/mol. The Balaban J connectivity index is 1.54. The van der Waals surface area contributed by atoms with Gasteiger partial charge in [0.2, 0.25) is 0 Å². The van der Waals surface area contributed by atoms with E-state index in [2.05, 4.69) is 16.7 Å². The van der Waals surface area contributed by atoms with Crippen LogP contribution in [-0.4, -0.2) is 16.1 Å². The number of ketones is 2. The third kappa shape index (κ3) is 3.91. The quantitative estimate of drug-likeness (QED) is 0.242. The lowest BCUT2D eigenvalue weighted by Gasteiger charge is -2.08. The number of carbonyl (C=O) groups is 2. The molecule has 3 heteroatoms. The average Bonchev–Trinajstić information content (AvgIpc) is 3.25. The number of carbonyl (C=O) groups excluding carboxylic acids is 2. The normalized spacial score (nSPS) is 11.1. The Labute approximate surface area is 209 Å². The van der Waals surface area contributed by atoms with Crippen molar-refractivity contribution in [3.8, 4) is 0 Å². The molecule has 0 radical (unpaired) electrons. The van der Waals surface area contributed by atoms with Crippen molar-refractivity contribution >= 4 is 33.4 Å². The minimum absolute atomic E-state index is 0.0158. The third-order valence-corrected chi connectivity index (χ3v) is 6.64. The van der Waals surface area contributed by atoms with Gasteiger partial charge in [-0.3, -0.25) is 9.59 Å². The Hall–Kier alpha value is -4.76. The molecule has 0 aliphatic rings. The molecule has 1 heterocycles. The number of fused-ring (bicyclic) bond motifs is 3. The Morgan fingerprint density at radius 2 is 0.889 bits per heavy atom. The van der Waals surface area contributed by atoms with E-state index in [0.717, 1.165) is 21.8 Å². The van der Waals surface area contributed by atoms with E-state index in [1.807, 2.05) is 115 Å². The van der Waals surface area contributed by atoms with Gasteiger partial charge in [-0.05, 0) is 42.0 Å². The average molecular weight is 466 g/mol. The van der Waals surface area contributed by atoms with Gasteiger partial charge in [-0.1, -0.05) is 91.0 Å². The Kier molecular flexibility index (Phi) is 5.51. The minimum atomic E-state index is -0.0158. The van der Waals surface area contributed by atoms with Crippen molar-refractivity contribution in [3.63, 3.8) is 0 Å². The molecule has 0 unspecified atom stereocenters. The van der Waals surface area contributed by atoms with E-state index in [9.17, 15) is 9.59 Å². The maximum Gasteiger partial charge on any atom is 0.193 e. The van der Waals surface area contributed by atoms with Gasteiger partial charge in [0.15, 0.2) is 11.6 Å². The van der Waals surface area contributed by atoms with Gasteiger partial charge in [0.1, 0.15) is 0 Å². The van der Waals surface area contributed by atoms with Crippen LogP contribution in [0.3, 0.4) is 0 Å². The lowest BCUT2D eigenvalue weighted by Crippen LogP contribution is -2.02. The molecule has 36 heavy (non-hydrogen) atoms. The lowest BCUT2D eigenvalue weighted by molar-refractivity contribution is 0.103. The number of hydrogen-bond donors (Lipinski definition) is 0. The van der Waals surface area contributed by atoms with Crippen LogP contribution in [0.5, 0.6) is 0 Å². The standard InChI is InChI=1S/C33H23NO2/c35-32(24-12-6-2-7-13-24)26-16-18-30-28(20-26)29-21-27(33(36)25-14-8-3-9-15-25)17-19-31(29)34(30)22-23-10-4-1-5-11-23/h1-21H,22H2. The molecule has 6 rings (SSSR count). The largest absolute Gasteiger partial charge is 0.336 e. The summed E-state index contributed by atoms with van der Waals surface area (Å²) in [6.45, 7) is 0.693. The molecule has 6 aromatic rings. The minimum Gasteiger partial charge on any atom is -0.336 e. The van der Waals surface area contributed by atoms with E-state index in [4.69, 9.17) is 0 Å². The first kappa shape index (κ1) is 21.8. The van der Waals surface area contributed by atoms with Crippen LogP contribution < -0.4 is 0 Å². The maximum atomic E-state index is 13.2. The fraction of sp³-hybridized carbons (Fsp3) is 0.0303. The second kappa shape index (κ2) is 9.12. The molecule has 0 fully saturated rings.